The third-order valence-corrected chi connectivity index (χ3v) is 1.17. The van der Waals surface area contributed by atoms with E-state index in [4.69, 9.17) is 5.11 Å². The van der Waals surface area contributed by atoms with Gasteiger partial charge in [-0.25, -0.2) is 0 Å². The van der Waals surface area contributed by atoms with Gasteiger partial charge in [0.25, 0.3) is 0 Å². The van der Waals surface area contributed by atoms with E-state index in [1.54, 1.807) is 19.2 Å². The molecule has 2 nitrogen and oxygen atoms in total. The van der Waals surface area contributed by atoms with E-state index in [0.717, 1.165) is 5.69 Å². The molecule has 0 saturated heterocycles. The average Bonchev–Trinajstić information content (AvgIpc) is 1.89. The highest BCUT2D eigenvalue weighted by atomic mass is 35.5. The maximum absolute atomic E-state index is 9.05. The molecule has 0 spiro atoms. The Labute approximate surface area is 78.4 Å². The molecule has 0 saturated carbocycles. The number of benzene rings is 1. The third kappa shape index (κ3) is 3.35. The Morgan fingerprint density at radius 2 is 1.73 bits per heavy atom. The minimum Gasteiger partial charge on any atom is -0.506 e. The molecular weight excluding hydrogens is 185 g/mol. The highest BCUT2D eigenvalue weighted by Crippen LogP contribution is 2.19. The first kappa shape index (κ1) is 13.0. The van der Waals surface area contributed by atoms with Gasteiger partial charge in [0.05, 0.1) is 5.69 Å². The monoisotopic (exact) mass is 195 g/mol. The minimum atomic E-state index is 0. The molecule has 0 heterocycles. The molecule has 0 unspecified atom stereocenters. The van der Waals surface area contributed by atoms with Crippen molar-refractivity contribution in [3.8, 4) is 5.75 Å². The number of para-hydroxylation sites is 2. The van der Waals surface area contributed by atoms with Crippen LogP contribution in [0.5, 0.6) is 5.75 Å². The second kappa shape index (κ2) is 6.13. The van der Waals surface area contributed by atoms with Crippen molar-refractivity contribution in [3.05, 3.63) is 24.3 Å². The van der Waals surface area contributed by atoms with Gasteiger partial charge in [0, 0.05) is 7.05 Å². The number of phenols is 1. The van der Waals surface area contributed by atoms with Gasteiger partial charge >= 0.3 is 0 Å². The van der Waals surface area contributed by atoms with Crippen molar-refractivity contribution in [2.24, 2.45) is 0 Å². The average molecular weight is 196 g/mol. The van der Waals surface area contributed by atoms with Crippen LogP contribution in [0.25, 0.3) is 0 Å². The van der Waals surface area contributed by atoms with Crippen LogP contribution < -0.4 is 5.32 Å². The number of aromatic hydroxyl groups is 1. The lowest BCUT2D eigenvalue weighted by Gasteiger charge is -1.99. The Hall–Kier alpha value is -0.600. The second-order valence-electron chi connectivity index (χ2n) is 1.77. The van der Waals surface area contributed by atoms with E-state index in [9.17, 15) is 0 Å². The van der Waals surface area contributed by atoms with Crippen LogP contribution in [0.3, 0.4) is 0 Å². The highest BCUT2D eigenvalue weighted by Gasteiger charge is 1.91. The molecule has 0 bridgehead atoms. The predicted molar refractivity (Wildman–Crippen MR) is 52.1 cm³/mol. The zero-order valence-electron chi connectivity index (χ0n) is 6.07. The molecule has 1 aromatic carbocycles. The van der Waals surface area contributed by atoms with Gasteiger partial charge in [-0.1, -0.05) is 12.1 Å². The molecule has 0 aliphatic heterocycles. The molecular formula is C7H11Cl2NO. The summed E-state index contributed by atoms with van der Waals surface area (Å²) < 4.78 is 0. The van der Waals surface area contributed by atoms with E-state index in [0.29, 0.717) is 5.75 Å². The first-order valence-corrected chi connectivity index (χ1v) is 2.80. The van der Waals surface area contributed by atoms with Crippen molar-refractivity contribution >= 4 is 30.5 Å². The normalized spacial score (nSPS) is 7.36. The second-order valence-corrected chi connectivity index (χ2v) is 1.77. The van der Waals surface area contributed by atoms with Gasteiger partial charge in [0.1, 0.15) is 5.75 Å². The molecule has 4 heteroatoms. The lowest BCUT2D eigenvalue weighted by molar-refractivity contribution is 0.477. The number of rotatable bonds is 1. The number of hydrogen-bond donors (Lipinski definition) is 2. The van der Waals surface area contributed by atoms with Crippen molar-refractivity contribution in [1.82, 2.24) is 0 Å². The highest BCUT2D eigenvalue weighted by molar-refractivity contribution is 5.85. The number of phenolic OH excluding ortho intramolecular Hbond substituents is 1. The summed E-state index contributed by atoms with van der Waals surface area (Å²) in [5, 5.41) is 11.9. The molecule has 0 atom stereocenters. The van der Waals surface area contributed by atoms with Gasteiger partial charge in [0.15, 0.2) is 0 Å². The summed E-state index contributed by atoms with van der Waals surface area (Å²) in [6.07, 6.45) is 0. The molecule has 64 valence electrons. The van der Waals surface area contributed by atoms with Crippen molar-refractivity contribution < 1.29 is 5.11 Å². The molecule has 1 rings (SSSR count). The zero-order chi connectivity index (χ0) is 6.69. The summed E-state index contributed by atoms with van der Waals surface area (Å²) in [7, 11) is 1.77. The first-order chi connectivity index (χ1) is 4.34. The van der Waals surface area contributed by atoms with Gasteiger partial charge in [-0.05, 0) is 12.1 Å². The Kier molecular flexibility index (Phi) is 7.26. The minimum absolute atomic E-state index is 0. The molecule has 0 fully saturated rings. The fourth-order valence-corrected chi connectivity index (χ4v) is 0.685. The van der Waals surface area contributed by atoms with Crippen LogP contribution in [0, 0.1) is 0 Å². The van der Waals surface area contributed by atoms with Crippen LogP contribution in [-0.2, 0) is 0 Å². The van der Waals surface area contributed by atoms with Gasteiger partial charge in [-0.2, -0.15) is 0 Å². The van der Waals surface area contributed by atoms with Crippen LogP contribution in [0.4, 0.5) is 5.69 Å². The lowest BCUT2D eigenvalue weighted by Crippen LogP contribution is -1.86. The largest absolute Gasteiger partial charge is 0.506 e. The van der Waals surface area contributed by atoms with Gasteiger partial charge in [0.2, 0.25) is 0 Å². The third-order valence-electron chi connectivity index (χ3n) is 1.17. The fraction of sp³-hybridized carbons (Fsp3) is 0.143. The van der Waals surface area contributed by atoms with Crippen LogP contribution in [0.2, 0.25) is 0 Å². The lowest BCUT2D eigenvalue weighted by atomic mass is 10.3. The molecule has 0 aliphatic carbocycles. The van der Waals surface area contributed by atoms with Crippen LogP contribution >= 0.6 is 24.8 Å². The van der Waals surface area contributed by atoms with E-state index >= 15 is 0 Å². The topological polar surface area (TPSA) is 32.3 Å². The van der Waals surface area contributed by atoms with Crippen LogP contribution in [0.15, 0.2) is 24.3 Å². The predicted octanol–water partition coefficient (Wildman–Crippen LogP) is 2.28. The van der Waals surface area contributed by atoms with Crippen molar-refractivity contribution in [2.45, 2.75) is 0 Å². The SMILES string of the molecule is CNc1ccccc1O.Cl.Cl. The maximum Gasteiger partial charge on any atom is 0.138 e. The van der Waals surface area contributed by atoms with E-state index in [1.807, 2.05) is 12.1 Å². The molecule has 2 N–H and O–H groups in total. The summed E-state index contributed by atoms with van der Waals surface area (Å²) in [6, 6.07) is 7.11. The first-order valence-electron chi connectivity index (χ1n) is 2.80. The van der Waals surface area contributed by atoms with E-state index in [1.165, 1.54) is 0 Å². The molecule has 0 amide bonds. The molecule has 0 aromatic heterocycles. The van der Waals surface area contributed by atoms with E-state index in [-0.39, 0.29) is 24.8 Å². The maximum atomic E-state index is 9.05. The van der Waals surface area contributed by atoms with Crippen LogP contribution in [-0.4, -0.2) is 12.2 Å². The Balaban J connectivity index is 0. The van der Waals surface area contributed by atoms with Gasteiger partial charge in [-0.3, -0.25) is 0 Å². The number of hydrogen-bond acceptors (Lipinski definition) is 2. The van der Waals surface area contributed by atoms with Gasteiger partial charge < -0.3 is 10.4 Å². The smallest absolute Gasteiger partial charge is 0.138 e. The number of anilines is 1. The summed E-state index contributed by atoms with van der Waals surface area (Å²) in [6.45, 7) is 0. The summed E-state index contributed by atoms with van der Waals surface area (Å²) in [5.74, 6) is 0.292. The van der Waals surface area contributed by atoms with Crippen molar-refractivity contribution in [3.63, 3.8) is 0 Å². The van der Waals surface area contributed by atoms with E-state index < -0.39 is 0 Å². The van der Waals surface area contributed by atoms with E-state index in [2.05, 4.69) is 5.32 Å². The van der Waals surface area contributed by atoms with Gasteiger partial charge in [-0.15, -0.1) is 24.8 Å². The molecule has 1 aromatic rings. The molecule has 0 radical (unpaired) electrons. The summed E-state index contributed by atoms with van der Waals surface area (Å²) in [5.41, 5.74) is 0.762. The fourth-order valence-electron chi connectivity index (χ4n) is 0.685. The zero-order valence-corrected chi connectivity index (χ0v) is 7.71. The Morgan fingerprint density at radius 3 is 2.09 bits per heavy atom. The quantitative estimate of drug-likeness (QED) is 0.675. The molecule has 11 heavy (non-hydrogen) atoms. The van der Waals surface area contributed by atoms with Crippen LogP contribution in [0.1, 0.15) is 0 Å². The Bertz CT molecular complexity index is 205. The van der Waals surface area contributed by atoms with Crippen molar-refractivity contribution in [1.29, 1.82) is 0 Å². The number of halogens is 2. The van der Waals surface area contributed by atoms with Crippen molar-refractivity contribution in [2.75, 3.05) is 12.4 Å². The number of nitrogens with one attached hydrogen (secondary N) is 1. The summed E-state index contributed by atoms with van der Waals surface area (Å²) in [4.78, 5) is 0. The standard InChI is InChI=1S/C7H9NO.2ClH/c1-8-6-4-2-3-5-7(6)9;;/h2-5,8-9H,1H3;2*1H. The molecule has 0 aliphatic rings. The Morgan fingerprint density at radius 1 is 1.18 bits per heavy atom. The summed E-state index contributed by atoms with van der Waals surface area (Å²) >= 11 is 0.